The molecule has 0 spiro atoms. The molecule has 0 fully saturated rings. The second-order valence-electron chi connectivity index (χ2n) is 5.66. The molecule has 2 N–H and O–H groups in total. The smallest absolute Gasteiger partial charge is 0.265 e. The molecule has 1 atom stereocenters. The first kappa shape index (κ1) is 19.0. The third-order valence-electron chi connectivity index (χ3n) is 3.83. The van der Waals surface area contributed by atoms with Gasteiger partial charge in [0, 0.05) is 5.41 Å². The van der Waals surface area contributed by atoms with E-state index in [9.17, 15) is 16.8 Å². The molecule has 2 aromatic rings. The summed E-state index contributed by atoms with van der Waals surface area (Å²) in [6.45, 7) is 0. The molecule has 2 aromatic carbocycles. The summed E-state index contributed by atoms with van der Waals surface area (Å²) >= 11 is 12.0. The fraction of sp³-hybridized carbons (Fsp3) is 0.125. The van der Waals surface area contributed by atoms with Crippen LogP contribution in [-0.2, 0) is 19.9 Å². The maximum atomic E-state index is 13.3. The Bertz CT molecular complexity index is 1060. The van der Waals surface area contributed by atoms with Crippen molar-refractivity contribution in [2.45, 2.75) is 10.9 Å². The molecule has 0 amide bonds. The van der Waals surface area contributed by atoms with E-state index in [1.54, 1.807) is 30.3 Å². The lowest BCUT2D eigenvalue weighted by Crippen LogP contribution is -2.41. The number of anilines is 2. The SMILES string of the molecule is Nc1c(Cl)cc(S(=O)(=O)N(c2ccccc2)[C@@H]2C=CS(=O)(=O)C2)cc1Cl. The Balaban J connectivity index is 2.17. The number of sulfonamides is 1. The maximum absolute atomic E-state index is 13.3. The second kappa shape index (κ2) is 6.77. The van der Waals surface area contributed by atoms with Gasteiger partial charge in [0.25, 0.3) is 10.0 Å². The highest BCUT2D eigenvalue weighted by molar-refractivity contribution is 7.95. The minimum absolute atomic E-state index is 0.00123. The molecule has 3 rings (SSSR count). The van der Waals surface area contributed by atoms with Gasteiger partial charge >= 0.3 is 0 Å². The van der Waals surface area contributed by atoms with E-state index in [1.807, 2.05) is 0 Å². The van der Waals surface area contributed by atoms with E-state index in [-0.39, 0.29) is 26.4 Å². The van der Waals surface area contributed by atoms with Gasteiger partial charge in [-0.15, -0.1) is 0 Å². The molecule has 0 aromatic heterocycles. The van der Waals surface area contributed by atoms with Gasteiger partial charge in [0.05, 0.1) is 38.1 Å². The molecular weight excluding hydrogens is 419 g/mol. The Hall–Kier alpha value is -1.74. The average Bonchev–Trinajstić information content (AvgIpc) is 2.92. The first-order chi connectivity index (χ1) is 12.1. The molecule has 0 saturated carbocycles. The molecule has 0 radical (unpaired) electrons. The second-order valence-corrected chi connectivity index (χ2v) is 10.2. The van der Waals surface area contributed by atoms with E-state index < -0.39 is 25.9 Å². The average molecular weight is 433 g/mol. The summed E-state index contributed by atoms with van der Waals surface area (Å²) in [5.74, 6) is -0.350. The number of rotatable bonds is 4. The van der Waals surface area contributed by atoms with Crippen molar-refractivity contribution in [1.29, 1.82) is 0 Å². The number of hydrogen-bond donors (Lipinski definition) is 1. The van der Waals surface area contributed by atoms with Crippen molar-refractivity contribution in [3.8, 4) is 0 Å². The van der Waals surface area contributed by atoms with Gasteiger partial charge in [-0.25, -0.2) is 16.8 Å². The van der Waals surface area contributed by atoms with Gasteiger partial charge in [-0.2, -0.15) is 0 Å². The van der Waals surface area contributed by atoms with Crippen molar-refractivity contribution in [2.24, 2.45) is 0 Å². The van der Waals surface area contributed by atoms with Crippen LogP contribution in [-0.4, -0.2) is 28.6 Å². The van der Waals surface area contributed by atoms with Crippen LogP contribution in [0, 0.1) is 0 Å². The summed E-state index contributed by atoms with van der Waals surface area (Å²) in [6, 6.07) is 9.72. The van der Waals surface area contributed by atoms with E-state index in [0.29, 0.717) is 5.69 Å². The quantitative estimate of drug-likeness (QED) is 0.748. The number of halogens is 2. The molecule has 1 heterocycles. The van der Waals surface area contributed by atoms with Crippen molar-refractivity contribution in [3.05, 3.63) is 64.0 Å². The minimum Gasteiger partial charge on any atom is -0.396 e. The van der Waals surface area contributed by atoms with Gasteiger partial charge in [-0.05, 0) is 30.3 Å². The number of nitrogens with zero attached hydrogens (tertiary/aromatic N) is 1. The lowest BCUT2D eigenvalue weighted by molar-refractivity contribution is 0.586. The summed E-state index contributed by atoms with van der Waals surface area (Å²) in [6.07, 6.45) is 1.35. The standard InChI is InChI=1S/C16H14Cl2N2O4S2/c17-14-8-13(9-15(18)16(14)19)26(23,24)20(11-4-2-1-3-5-11)12-6-7-25(21,22)10-12/h1-9,12H,10,19H2/t12-/m1/s1. The zero-order valence-corrected chi connectivity index (χ0v) is 16.4. The van der Waals surface area contributed by atoms with Crippen LogP contribution in [0.1, 0.15) is 0 Å². The lowest BCUT2D eigenvalue weighted by atomic mass is 10.2. The largest absolute Gasteiger partial charge is 0.396 e. The molecule has 0 unspecified atom stereocenters. The number of para-hydroxylation sites is 1. The van der Waals surface area contributed by atoms with Crippen LogP contribution in [0.5, 0.6) is 0 Å². The molecule has 138 valence electrons. The van der Waals surface area contributed by atoms with Crippen LogP contribution in [0.2, 0.25) is 10.0 Å². The van der Waals surface area contributed by atoms with Crippen molar-refractivity contribution >= 4 is 54.4 Å². The van der Waals surface area contributed by atoms with Crippen LogP contribution < -0.4 is 10.0 Å². The topological polar surface area (TPSA) is 97.5 Å². The predicted molar refractivity (Wildman–Crippen MR) is 104 cm³/mol. The van der Waals surface area contributed by atoms with Gasteiger partial charge in [-0.1, -0.05) is 41.4 Å². The number of sulfone groups is 1. The van der Waals surface area contributed by atoms with Crippen LogP contribution in [0.4, 0.5) is 11.4 Å². The molecule has 1 aliphatic heterocycles. The highest BCUT2D eigenvalue weighted by Crippen LogP contribution is 2.35. The summed E-state index contributed by atoms with van der Waals surface area (Å²) in [5.41, 5.74) is 6.07. The zero-order chi connectivity index (χ0) is 19.1. The molecule has 26 heavy (non-hydrogen) atoms. The predicted octanol–water partition coefficient (Wildman–Crippen LogP) is 3.08. The molecule has 10 heteroatoms. The number of hydrogen-bond acceptors (Lipinski definition) is 5. The fourth-order valence-corrected chi connectivity index (χ4v) is 6.25. The molecule has 0 aliphatic carbocycles. The number of benzene rings is 2. The van der Waals surface area contributed by atoms with Gasteiger partial charge in [0.1, 0.15) is 0 Å². The minimum atomic E-state index is -4.16. The molecular formula is C16H14Cl2N2O4S2. The highest BCUT2D eigenvalue weighted by atomic mass is 35.5. The van der Waals surface area contributed by atoms with E-state index in [0.717, 1.165) is 9.71 Å². The number of nitrogens with two attached hydrogens (primary N) is 1. The van der Waals surface area contributed by atoms with Gasteiger partial charge in [0.2, 0.25) is 0 Å². The van der Waals surface area contributed by atoms with E-state index in [2.05, 4.69) is 0 Å². The van der Waals surface area contributed by atoms with E-state index >= 15 is 0 Å². The Morgan fingerprint density at radius 1 is 1.08 bits per heavy atom. The van der Waals surface area contributed by atoms with Gasteiger partial charge < -0.3 is 5.73 Å². The van der Waals surface area contributed by atoms with E-state index in [4.69, 9.17) is 28.9 Å². The van der Waals surface area contributed by atoms with Crippen molar-refractivity contribution in [1.82, 2.24) is 0 Å². The first-order valence-corrected chi connectivity index (χ1v) is 11.3. The fourth-order valence-electron chi connectivity index (χ4n) is 2.61. The summed E-state index contributed by atoms with van der Waals surface area (Å²) in [5, 5.41) is 1.02. The number of nitrogen functional groups attached to an aromatic ring is 1. The monoisotopic (exact) mass is 432 g/mol. The van der Waals surface area contributed by atoms with Crippen molar-refractivity contribution in [2.75, 3.05) is 15.8 Å². The third kappa shape index (κ3) is 3.55. The molecule has 0 saturated heterocycles. The third-order valence-corrected chi connectivity index (χ3v) is 7.67. The Morgan fingerprint density at radius 3 is 2.15 bits per heavy atom. The van der Waals surface area contributed by atoms with E-state index in [1.165, 1.54) is 18.2 Å². The maximum Gasteiger partial charge on any atom is 0.265 e. The summed E-state index contributed by atoms with van der Waals surface area (Å²) in [4.78, 5) is -0.178. The summed E-state index contributed by atoms with van der Waals surface area (Å²) < 4.78 is 51.3. The normalized spacial score (nSPS) is 18.8. The van der Waals surface area contributed by atoms with Crippen LogP contribution in [0.25, 0.3) is 0 Å². The lowest BCUT2D eigenvalue weighted by Gasteiger charge is -2.29. The van der Waals surface area contributed by atoms with Crippen LogP contribution in [0.3, 0.4) is 0 Å². The highest BCUT2D eigenvalue weighted by Gasteiger charge is 2.36. The molecule has 1 aliphatic rings. The van der Waals surface area contributed by atoms with Gasteiger partial charge in [-0.3, -0.25) is 4.31 Å². The van der Waals surface area contributed by atoms with Crippen LogP contribution in [0.15, 0.2) is 58.8 Å². The van der Waals surface area contributed by atoms with Gasteiger partial charge in [0.15, 0.2) is 9.84 Å². The van der Waals surface area contributed by atoms with Crippen molar-refractivity contribution in [3.63, 3.8) is 0 Å². The van der Waals surface area contributed by atoms with Crippen LogP contribution >= 0.6 is 23.2 Å². The Labute approximate surface area is 161 Å². The Morgan fingerprint density at radius 2 is 1.65 bits per heavy atom. The summed E-state index contributed by atoms with van der Waals surface area (Å²) in [7, 11) is -7.63. The van der Waals surface area contributed by atoms with Crippen molar-refractivity contribution < 1.29 is 16.8 Å². The Kier molecular flexibility index (Phi) is 4.96. The molecule has 0 bridgehead atoms. The zero-order valence-electron chi connectivity index (χ0n) is 13.2. The molecule has 6 nitrogen and oxygen atoms in total. The first-order valence-electron chi connectivity index (χ1n) is 7.37.